The van der Waals surface area contributed by atoms with Crippen molar-refractivity contribution in [1.82, 2.24) is 9.97 Å². The van der Waals surface area contributed by atoms with E-state index in [9.17, 15) is 23.1 Å². The zero-order chi connectivity index (χ0) is 16.7. The Morgan fingerprint density at radius 3 is 2.45 bits per heavy atom. The number of nitrogens with zero attached hydrogens (tertiary/aromatic N) is 1. The minimum atomic E-state index is -4.49. The predicted octanol–water partition coefficient (Wildman–Crippen LogP) is 3.89. The molecule has 0 unspecified atom stereocenters. The van der Waals surface area contributed by atoms with Gasteiger partial charge >= 0.3 is 6.18 Å². The molecule has 0 aliphatic rings. The van der Waals surface area contributed by atoms with Crippen LogP contribution in [-0.2, 0) is 6.18 Å². The second-order valence-corrected chi connectivity index (χ2v) is 5.96. The zero-order valence-electron chi connectivity index (χ0n) is 12.2. The van der Waals surface area contributed by atoms with Gasteiger partial charge in [-0.2, -0.15) is 13.2 Å². The smallest absolute Gasteiger partial charge is 0.416 e. The van der Waals surface area contributed by atoms with E-state index in [1.165, 1.54) is 12.1 Å². The first-order valence-electron chi connectivity index (χ1n) is 6.51. The second-order valence-electron chi connectivity index (χ2n) is 5.96. The summed E-state index contributed by atoms with van der Waals surface area (Å²) in [5, 5.41) is 9.91. The number of benzene rings is 1. The first kappa shape index (κ1) is 16.1. The first-order valence-corrected chi connectivity index (χ1v) is 6.51. The van der Waals surface area contributed by atoms with Gasteiger partial charge in [-0.15, -0.1) is 0 Å². The molecule has 1 heterocycles. The van der Waals surface area contributed by atoms with E-state index in [1.54, 1.807) is 20.8 Å². The molecule has 2 rings (SSSR count). The van der Waals surface area contributed by atoms with Crippen molar-refractivity contribution >= 4 is 17.1 Å². The van der Waals surface area contributed by atoms with Gasteiger partial charge in [0.05, 0.1) is 22.4 Å². The zero-order valence-corrected chi connectivity index (χ0v) is 12.2. The van der Waals surface area contributed by atoms with E-state index >= 15 is 0 Å². The van der Waals surface area contributed by atoms with Crippen LogP contribution in [0.3, 0.4) is 0 Å². The van der Waals surface area contributed by atoms with Crippen LogP contribution in [0.5, 0.6) is 0 Å². The van der Waals surface area contributed by atoms with Gasteiger partial charge in [0.25, 0.3) is 5.56 Å². The maximum absolute atomic E-state index is 12.6. The minimum Gasteiger partial charge on any atom is -0.512 e. The number of aliphatic hydroxyl groups is 1. The summed E-state index contributed by atoms with van der Waals surface area (Å²) in [6, 6.07) is 2.91. The van der Waals surface area contributed by atoms with E-state index in [0.29, 0.717) is 0 Å². The number of fused-ring (bicyclic) bond motifs is 1. The lowest BCUT2D eigenvalue weighted by atomic mass is 9.93. The lowest BCUT2D eigenvalue weighted by molar-refractivity contribution is -0.137. The molecule has 0 radical (unpaired) electrons. The highest BCUT2D eigenvalue weighted by molar-refractivity contribution is 5.76. The van der Waals surface area contributed by atoms with Crippen molar-refractivity contribution < 1.29 is 18.3 Å². The van der Waals surface area contributed by atoms with E-state index in [1.807, 2.05) is 0 Å². The molecule has 4 nitrogen and oxygen atoms in total. The third-order valence-corrected chi connectivity index (χ3v) is 3.09. The average molecular weight is 312 g/mol. The summed E-state index contributed by atoms with van der Waals surface area (Å²) in [5.41, 5.74) is -1.95. The number of allylic oxidation sites excluding steroid dienone is 1. The molecule has 1 aromatic carbocycles. The van der Waals surface area contributed by atoms with Crippen LogP contribution < -0.4 is 5.56 Å². The van der Waals surface area contributed by atoms with Crippen molar-refractivity contribution in [1.29, 1.82) is 0 Å². The number of aliphatic hydroxyl groups excluding tert-OH is 1. The Morgan fingerprint density at radius 2 is 1.91 bits per heavy atom. The third-order valence-electron chi connectivity index (χ3n) is 3.09. The number of hydrogen-bond acceptors (Lipinski definition) is 3. The van der Waals surface area contributed by atoms with Crippen molar-refractivity contribution in [2.24, 2.45) is 5.41 Å². The summed E-state index contributed by atoms with van der Waals surface area (Å²) in [6.07, 6.45) is -3.27. The van der Waals surface area contributed by atoms with Crippen LogP contribution in [0.2, 0.25) is 0 Å². The number of nitrogens with one attached hydrogen (secondary N) is 1. The van der Waals surface area contributed by atoms with E-state index in [-0.39, 0.29) is 22.5 Å². The Labute approximate surface area is 124 Å². The maximum atomic E-state index is 12.6. The molecule has 0 fully saturated rings. The Morgan fingerprint density at radius 1 is 1.27 bits per heavy atom. The molecule has 2 aromatic rings. The quantitative estimate of drug-likeness (QED) is 0.785. The largest absolute Gasteiger partial charge is 0.512 e. The highest BCUT2D eigenvalue weighted by atomic mass is 19.4. The number of H-pyrrole nitrogens is 1. The summed E-state index contributed by atoms with van der Waals surface area (Å²) in [5.74, 6) is -0.0447. The molecular formula is C15H15F3N2O2. The van der Waals surface area contributed by atoms with Gasteiger partial charge in [0.1, 0.15) is 5.69 Å². The Hall–Kier alpha value is -2.31. The molecule has 0 saturated heterocycles. The average Bonchev–Trinajstić information content (AvgIpc) is 2.36. The van der Waals surface area contributed by atoms with Crippen LogP contribution >= 0.6 is 0 Å². The predicted molar refractivity (Wildman–Crippen MR) is 77.4 cm³/mol. The van der Waals surface area contributed by atoms with E-state index in [4.69, 9.17) is 0 Å². The molecule has 0 spiro atoms. The van der Waals surface area contributed by atoms with Gasteiger partial charge in [0.2, 0.25) is 0 Å². The molecule has 118 valence electrons. The van der Waals surface area contributed by atoms with Crippen LogP contribution in [0.15, 0.2) is 28.8 Å². The number of aromatic amines is 1. The maximum Gasteiger partial charge on any atom is 0.416 e. The Balaban J connectivity index is 2.58. The monoisotopic (exact) mass is 312 g/mol. The summed E-state index contributed by atoms with van der Waals surface area (Å²) < 4.78 is 37.9. The molecular weight excluding hydrogens is 297 g/mol. The number of rotatable bonds is 1. The van der Waals surface area contributed by atoms with Gasteiger partial charge in [-0.25, -0.2) is 4.98 Å². The van der Waals surface area contributed by atoms with Crippen LogP contribution in [0, 0.1) is 5.41 Å². The summed E-state index contributed by atoms with van der Waals surface area (Å²) in [6.45, 7) is 5.26. The van der Waals surface area contributed by atoms with E-state index in [0.717, 1.165) is 12.1 Å². The van der Waals surface area contributed by atoms with Crippen molar-refractivity contribution in [2.45, 2.75) is 26.9 Å². The third kappa shape index (κ3) is 3.29. The lowest BCUT2D eigenvalue weighted by Crippen LogP contribution is -2.15. The summed E-state index contributed by atoms with van der Waals surface area (Å²) >= 11 is 0. The second kappa shape index (κ2) is 5.15. The topological polar surface area (TPSA) is 66.0 Å². The molecule has 0 amide bonds. The van der Waals surface area contributed by atoms with Crippen LogP contribution in [0.1, 0.15) is 32.0 Å². The van der Waals surface area contributed by atoms with Gasteiger partial charge in [0.15, 0.2) is 0 Å². The highest BCUT2D eigenvalue weighted by Crippen LogP contribution is 2.30. The van der Waals surface area contributed by atoms with Crippen LogP contribution in [0.4, 0.5) is 13.2 Å². The molecule has 1 aromatic heterocycles. The van der Waals surface area contributed by atoms with Gasteiger partial charge in [0, 0.05) is 11.5 Å². The van der Waals surface area contributed by atoms with E-state index < -0.39 is 22.7 Å². The Kier molecular flexibility index (Phi) is 3.76. The number of alkyl halides is 3. The van der Waals surface area contributed by atoms with Crippen molar-refractivity contribution in [3.8, 4) is 0 Å². The molecule has 0 bridgehead atoms. The summed E-state index contributed by atoms with van der Waals surface area (Å²) in [7, 11) is 0. The molecule has 7 heteroatoms. The fourth-order valence-corrected chi connectivity index (χ4v) is 1.72. The van der Waals surface area contributed by atoms with Gasteiger partial charge in [-0.3, -0.25) is 4.79 Å². The highest BCUT2D eigenvalue weighted by Gasteiger charge is 2.30. The summed E-state index contributed by atoms with van der Waals surface area (Å²) in [4.78, 5) is 18.3. The fraction of sp³-hybridized carbons (Fsp3) is 0.333. The van der Waals surface area contributed by atoms with Crippen molar-refractivity contribution in [3.05, 3.63) is 45.6 Å². The van der Waals surface area contributed by atoms with Gasteiger partial charge in [-0.1, -0.05) is 20.8 Å². The minimum absolute atomic E-state index is 0.00720. The molecule has 0 aliphatic carbocycles. The van der Waals surface area contributed by atoms with Gasteiger partial charge in [-0.05, 0) is 18.2 Å². The SMILES string of the molecule is CC(C)(C)/C(O)=C/c1nc2ccc(C(F)(F)F)cc2[nH]c1=O. The van der Waals surface area contributed by atoms with Gasteiger partial charge < -0.3 is 10.1 Å². The molecule has 0 atom stereocenters. The van der Waals surface area contributed by atoms with Crippen molar-refractivity contribution in [3.63, 3.8) is 0 Å². The lowest BCUT2D eigenvalue weighted by Gasteiger charge is -2.16. The molecule has 22 heavy (non-hydrogen) atoms. The van der Waals surface area contributed by atoms with Crippen LogP contribution in [-0.4, -0.2) is 15.1 Å². The standard InChI is InChI=1S/C15H15F3N2O2/c1-14(2,3)12(21)7-11-13(22)20-10-6-8(15(16,17)18)4-5-9(10)19-11/h4-7,21H,1-3H3,(H,20,22)/b12-7-. The number of hydrogen-bond donors (Lipinski definition) is 2. The molecule has 0 aliphatic heterocycles. The fourth-order valence-electron chi connectivity index (χ4n) is 1.72. The van der Waals surface area contributed by atoms with Crippen molar-refractivity contribution in [2.75, 3.05) is 0 Å². The number of aromatic nitrogens is 2. The Bertz CT molecular complexity index is 799. The molecule has 2 N–H and O–H groups in total. The van der Waals surface area contributed by atoms with Crippen LogP contribution in [0.25, 0.3) is 17.1 Å². The number of halogens is 3. The van der Waals surface area contributed by atoms with E-state index in [2.05, 4.69) is 9.97 Å². The first-order chi connectivity index (χ1) is 9.98. The molecule has 0 saturated carbocycles. The normalized spacial score (nSPS) is 13.6.